The molecule has 0 radical (unpaired) electrons. The Morgan fingerprint density at radius 2 is 1.71 bits per heavy atom. The molecule has 0 aliphatic heterocycles. The van der Waals surface area contributed by atoms with Gasteiger partial charge < -0.3 is 20.3 Å². The van der Waals surface area contributed by atoms with Gasteiger partial charge in [0.25, 0.3) is 0 Å². The van der Waals surface area contributed by atoms with Crippen molar-refractivity contribution in [1.82, 2.24) is 5.32 Å². The SMILES string of the molecule is CN(CCNC(=O)C(=O)Nc1cccc(COc2cccc(F)c2)c1)c1ccccc1. The maximum absolute atomic E-state index is 13.2. The van der Waals surface area contributed by atoms with Crippen molar-refractivity contribution in [2.75, 3.05) is 30.4 Å². The molecule has 0 spiro atoms. The normalized spacial score (nSPS) is 10.3. The van der Waals surface area contributed by atoms with Crippen molar-refractivity contribution in [1.29, 1.82) is 0 Å². The quantitative estimate of drug-likeness (QED) is 0.546. The van der Waals surface area contributed by atoms with Gasteiger partial charge in [0, 0.05) is 37.6 Å². The summed E-state index contributed by atoms with van der Waals surface area (Å²) in [6.07, 6.45) is 0. The summed E-state index contributed by atoms with van der Waals surface area (Å²) in [5, 5.41) is 5.20. The lowest BCUT2D eigenvalue weighted by Crippen LogP contribution is -2.39. The highest BCUT2D eigenvalue weighted by Crippen LogP contribution is 2.16. The Morgan fingerprint density at radius 3 is 2.48 bits per heavy atom. The molecule has 160 valence electrons. The summed E-state index contributed by atoms with van der Waals surface area (Å²) in [5.74, 6) is -1.41. The molecule has 3 aromatic rings. The Balaban J connectivity index is 1.46. The van der Waals surface area contributed by atoms with E-state index < -0.39 is 11.8 Å². The number of nitrogens with zero attached hydrogens (tertiary/aromatic N) is 1. The maximum atomic E-state index is 13.2. The Bertz CT molecular complexity index is 1030. The highest BCUT2D eigenvalue weighted by Gasteiger charge is 2.13. The van der Waals surface area contributed by atoms with Crippen LogP contribution >= 0.6 is 0 Å². The minimum Gasteiger partial charge on any atom is -0.489 e. The minimum absolute atomic E-state index is 0.200. The van der Waals surface area contributed by atoms with E-state index >= 15 is 0 Å². The van der Waals surface area contributed by atoms with E-state index in [1.165, 1.54) is 12.1 Å². The second-order valence-corrected chi connectivity index (χ2v) is 6.91. The van der Waals surface area contributed by atoms with Gasteiger partial charge in [-0.1, -0.05) is 36.4 Å². The first-order valence-electron chi connectivity index (χ1n) is 9.84. The first kappa shape index (κ1) is 21.8. The molecule has 3 aromatic carbocycles. The second kappa shape index (κ2) is 10.8. The summed E-state index contributed by atoms with van der Waals surface area (Å²) < 4.78 is 18.8. The van der Waals surface area contributed by atoms with Crippen molar-refractivity contribution in [3.63, 3.8) is 0 Å². The van der Waals surface area contributed by atoms with E-state index in [1.54, 1.807) is 30.3 Å². The lowest BCUT2D eigenvalue weighted by molar-refractivity contribution is -0.136. The molecule has 0 saturated heterocycles. The van der Waals surface area contributed by atoms with E-state index in [1.807, 2.05) is 48.3 Å². The molecule has 0 aliphatic carbocycles. The summed E-state index contributed by atoms with van der Waals surface area (Å²) in [7, 11) is 1.92. The van der Waals surface area contributed by atoms with Crippen molar-refractivity contribution < 1.29 is 18.7 Å². The summed E-state index contributed by atoms with van der Waals surface area (Å²) in [4.78, 5) is 26.3. The zero-order chi connectivity index (χ0) is 22.1. The molecule has 6 nitrogen and oxygen atoms in total. The van der Waals surface area contributed by atoms with Gasteiger partial charge in [-0.2, -0.15) is 0 Å². The van der Waals surface area contributed by atoms with Crippen LogP contribution in [0.1, 0.15) is 5.56 Å². The number of amides is 2. The lowest BCUT2D eigenvalue weighted by atomic mass is 10.2. The Labute approximate surface area is 180 Å². The molecule has 0 atom stereocenters. The zero-order valence-corrected chi connectivity index (χ0v) is 17.2. The summed E-state index contributed by atoms with van der Waals surface area (Å²) >= 11 is 0. The molecule has 0 bridgehead atoms. The molecule has 2 N–H and O–H groups in total. The lowest BCUT2D eigenvalue weighted by Gasteiger charge is -2.19. The van der Waals surface area contributed by atoms with Crippen molar-refractivity contribution in [2.24, 2.45) is 0 Å². The van der Waals surface area contributed by atoms with Gasteiger partial charge in [-0.3, -0.25) is 9.59 Å². The number of hydrogen-bond acceptors (Lipinski definition) is 4. The number of halogens is 1. The first-order chi connectivity index (χ1) is 15.0. The zero-order valence-electron chi connectivity index (χ0n) is 17.2. The third kappa shape index (κ3) is 6.85. The Kier molecular flexibility index (Phi) is 7.59. The fourth-order valence-electron chi connectivity index (χ4n) is 2.88. The van der Waals surface area contributed by atoms with Crippen LogP contribution in [0.3, 0.4) is 0 Å². The number of anilines is 2. The highest BCUT2D eigenvalue weighted by molar-refractivity contribution is 6.39. The van der Waals surface area contributed by atoms with Crippen molar-refractivity contribution in [2.45, 2.75) is 6.61 Å². The predicted molar refractivity (Wildman–Crippen MR) is 119 cm³/mol. The first-order valence-corrected chi connectivity index (χ1v) is 9.84. The minimum atomic E-state index is -0.745. The van der Waals surface area contributed by atoms with Crippen LogP contribution in [-0.4, -0.2) is 32.0 Å². The van der Waals surface area contributed by atoms with Gasteiger partial charge in [-0.25, -0.2) is 4.39 Å². The number of carbonyl (C=O) groups is 2. The van der Waals surface area contributed by atoms with Crippen LogP contribution in [0, 0.1) is 5.82 Å². The number of nitrogens with one attached hydrogen (secondary N) is 2. The number of hydrogen-bond donors (Lipinski definition) is 2. The average molecular weight is 421 g/mol. The van der Waals surface area contributed by atoms with Crippen molar-refractivity contribution >= 4 is 23.2 Å². The Morgan fingerprint density at radius 1 is 0.935 bits per heavy atom. The molecule has 31 heavy (non-hydrogen) atoms. The third-order valence-electron chi connectivity index (χ3n) is 4.52. The van der Waals surface area contributed by atoms with E-state index in [4.69, 9.17) is 4.74 Å². The van der Waals surface area contributed by atoms with Gasteiger partial charge in [-0.15, -0.1) is 0 Å². The molecule has 0 aliphatic rings. The molecule has 0 fully saturated rings. The number of rotatable bonds is 8. The standard InChI is InChI=1S/C24H24FN3O3/c1-28(21-10-3-2-4-11-21)14-13-26-23(29)24(30)27-20-9-5-7-18(15-20)17-31-22-12-6-8-19(25)16-22/h2-12,15-16H,13-14,17H2,1H3,(H,26,29)(H,27,30). The van der Waals surface area contributed by atoms with Gasteiger partial charge >= 0.3 is 11.8 Å². The topological polar surface area (TPSA) is 70.7 Å². The molecule has 0 heterocycles. The van der Waals surface area contributed by atoms with E-state index in [-0.39, 0.29) is 12.4 Å². The average Bonchev–Trinajstić information content (AvgIpc) is 2.78. The van der Waals surface area contributed by atoms with Crippen molar-refractivity contribution in [3.05, 3.63) is 90.2 Å². The molecule has 2 amide bonds. The number of para-hydroxylation sites is 1. The van der Waals surface area contributed by atoms with E-state index in [0.717, 1.165) is 11.3 Å². The molecule has 0 unspecified atom stereocenters. The number of likely N-dealkylation sites (N-methyl/N-ethyl adjacent to an activating group) is 1. The van der Waals surface area contributed by atoms with E-state index in [2.05, 4.69) is 10.6 Å². The van der Waals surface area contributed by atoms with Gasteiger partial charge in [0.05, 0.1) is 0 Å². The molecular formula is C24H24FN3O3. The van der Waals surface area contributed by atoms with Crippen LogP contribution < -0.4 is 20.3 Å². The van der Waals surface area contributed by atoms with E-state index in [9.17, 15) is 14.0 Å². The van der Waals surface area contributed by atoms with Crippen LogP contribution in [0.15, 0.2) is 78.9 Å². The van der Waals surface area contributed by atoms with Gasteiger partial charge in [0.2, 0.25) is 0 Å². The molecule has 0 aromatic heterocycles. The highest BCUT2D eigenvalue weighted by atomic mass is 19.1. The molecule has 0 saturated carbocycles. The smallest absolute Gasteiger partial charge is 0.313 e. The summed E-state index contributed by atoms with van der Waals surface area (Å²) in [5.41, 5.74) is 2.27. The van der Waals surface area contributed by atoms with Crippen molar-refractivity contribution in [3.8, 4) is 5.75 Å². The number of benzene rings is 3. The maximum Gasteiger partial charge on any atom is 0.313 e. The molecule has 7 heteroatoms. The van der Waals surface area contributed by atoms with Gasteiger partial charge in [-0.05, 0) is 42.0 Å². The largest absolute Gasteiger partial charge is 0.489 e. The molecular weight excluding hydrogens is 397 g/mol. The summed E-state index contributed by atoms with van der Waals surface area (Å²) in [6, 6.07) is 22.6. The van der Waals surface area contributed by atoms with Gasteiger partial charge in [0.15, 0.2) is 0 Å². The summed E-state index contributed by atoms with van der Waals surface area (Å²) in [6.45, 7) is 1.10. The Hall–Kier alpha value is -3.87. The fraction of sp³-hybridized carbons (Fsp3) is 0.167. The van der Waals surface area contributed by atoms with Crippen LogP contribution in [0.25, 0.3) is 0 Å². The van der Waals surface area contributed by atoms with Gasteiger partial charge in [0.1, 0.15) is 18.2 Å². The second-order valence-electron chi connectivity index (χ2n) is 6.91. The number of carbonyl (C=O) groups excluding carboxylic acids is 2. The number of ether oxygens (including phenoxy) is 1. The van der Waals surface area contributed by atoms with Crippen LogP contribution in [0.4, 0.5) is 15.8 Å². The third-order valence-corrected chi connectivity index (χ3v) is 4.52. The van der Waals surface area contributed by atoms with Crippen LogP contribution in [-0.2, 0) is 16.2 Å². The van der Waals surface area contributed by atoms with E-state index in [0.29, 0.717) is 24.5 Å². The molecule has 3 rings (SSSR count). The predicted octanol–water partition coefficient (Wildman–Crippen LogP) is 3.60. The van der Waals surface area contributed by atoms with Crippen LogP contribution in [0.2, 0.25) is 0 Å². The fourth-order valence-corrected chi connectivity index (χ4v) is 2.88. The van der Waals surface area contributed by atoms with Crippen LogP contribution in [0.5, 0.6) is 5.75 Å². The monoisotopic (exact) mass is 421 g/mol.